The summed E-state index contributed by atoms with van der Waals surface area (Å²) < 4.78 is 3.65. The van der Waals surface area contributed by atoms with Crippen molar-refractivity contribution in [2.75, 3.05) is 6.54 Å². The van der Waals surface area contributed by atoms with Crippen molar-refractivity contribution in [2.45, 2.75) is 18.9 Å². The van der Waals surface area contributed by atoms with Gasteiger partial charge in [-0.2, -0.15) is 0 Å². The molecule has 25 heavy (non-hydrogen) atoms. The number of primary amides is 1. The number of nitrogens with zero attached hydrogens (tertiary/aromatic N) is 2. The largest absolute Gasteiger partial charge is 0.366 e. The fourth-order valence-corrected chi connectivity index (χ4v) is 3.06. The Morgan fingerprint density at radius 3 is 2.40 bits per heavy atom. The van der Waals surface area contributed by atoms with Gasteiger partial charge in [-0.3, -0.25) is 14.4 Å². The first-order valence-corrected chi connectivity index (χ1v) is 8.64. The van der Waals surface area contributed by atoms with E-state index in [9.17, 15) is 14.4 Å². The molecule has 1 fully saturated rings. The third-order valence-corrected chi connectivity index (χ3v) is 4.79. The summed E-state index contributed by atoms with van der Waals surface area (Å²) in [6.07, 6.45) is 1.80. The quantitative estimate of drug-likeness (QED) is 0.695. The highest BCUT2D eigenvalue weighted by molar-refractivity contribution is 7.03. The molecule has 1 heterocycles. The summed E-state index contributed by atoms with van der Waals surface area (Å²) >= 11 is 1.12. The number of nitrogens with two attached hydrogens (primary N) is 1. The average Bonchev–Trinajstić information content (AvgIpc) is 3.13. The Morgan fingerprint density at radius 1 is 1.12 bits per heavy atom. The molecule has 2 aromatic rings. The van der Waals surface area contributed by atoms with Crippen LogP contribution in [0.3, 0.4) is 0 Å². The molecule has 3 rings (SSSR count). The van der Waals surface area contributed by atoms with Gasteiger partial charge in [0.1, 0.15) is 0 Å². The predicted octanol–water partition coefficient (Wildman–Crippen LogP) is 0.575. The molecular formula is C16H17N5O3S. The lowest BCUT2D eigenvalue weighted by Crippen LogP contribution is -2.50. The van der Waals surface area contributed by atoms with E-state index in [-0.39, 0.29) is 23.8 Å². The minimum Gasteiger partial charge on any atom is -0.366 e. The molecule has 1 aromatic heterocycles. The zero-order valence-electron chi connectivity index (χ0n) is 13.3. The van der Waals surface area contributed by atoms with Crippen LogP contribution in [0, 0.1) is 5.92 Å². The molecule has 3 amide bonds. The van der Waals surface area contributed by atoms with Crippen LogP contribution in [0.2, 0.25) is 0 Å². The molecule has 9 heteroatoms. The predicted molar refractivity (Wildman–Crippen MR) is 91.2 cm³/mol. The first kappa shape index (κ1) is 17.0. The van der Waals surface area contributed by atoms with Crippen molar-refractivity contribution in [3.63, 3.8) is 0 Å². The maximum absolute atomic E-state index is 12.3. The number of benzene rings is 1. The van der Waals surface area contributed by atoms with Gasteiger partial charge in [0, 0.05) is 29.1 Å². The maximum atomic E-state index is 12.3. The molecule has 1 aliphatic carbocycles. The van der Waals surface area contributed by atoms with E-state index in [1.54, 1.807) is 17.5 Å². The molecule has 0 bridgehead atoms. The lowest BCUT2D eigenvalue weighted by molar-refractivity contribution is 0.0856. The van der Waals surface area contributed by atoms with E-state index in [0.717, 1.165) is 24.4 Å². The first-order valence-electron chi connectivity index (χ1n) is 7.80. The molecule has 0 saturated heterocycles. The first-order chi connectivity index (χ1) is 12.0. The number of amides is 3. The molecule has 0 unspecified atom stereocenters. The van der Waals surface area contributed by atoms with E-state index >= 15 is 0 Å². The molecule has 8 nitrogen and oxygen atoms in total. The Morgan fingerprint density at radius 2 is 1.84 bits per heavy atom. The summed E-state index contributed by atoms with van der Waals surface area (Å²) in [7, 11) is 0. The number of rotatable bonds is 6. The van der Waals surface area contributed by atoms with E-state index in [2.05, 4.69) is 20.2 Å². The molecule has 0 aliphatic heterocycles. The minimum atomic E-state index is -0.530. The van der Waals surface area contributed by atoms with Crippen molar-refractivity contribution in [3.05, 3.63) is 46.5 Å². The van der Waals surface area contributed by atoms with E-state index in [4.69, 9.17) is 5.73 Å². The van der Waals surface area contributed by atoms with Gasteiger partial charge in [0.25, 0.3) is 11.8 Å². The highest BCUT2D eigenvalue weighted by atomic mass is 32.1. The molecular weight excluding hydrogens is 342 g/mol. The maximum Gasteiger partial charge on any atom is 0.272 e. The molecule has 4 N–H and O–H groups in total. The van der Waals surface area contributed by atoms with Gasteiger partial charge in [0.05, 0.1) is 0 Å². The zero-order chi connectivity index (χ0) is 17.8. The van der Waals surface area contributed by atoms with Crippen LogP contribution < -0.4 is 16.4 Å². The van der Waals surface area contributed by atoms with Crippen LogP contribution in [0.25, 0.3) is 0 Å². The Labute approximate surface area is 148 Å². The standard InChI is InChI=1S/C16H17N5O3S/c17-14(22)9-1-3-10(4-2-9)15(23)19-12-6-5-11(12)7-18-16(24)13-8-25-21-20-13/h1-4,8,11-12H,5-7H2,(H2,17,22)(H,18,24)(H,19,23)/t11-,12+/m0/s1. The lowest BCUT2D eigenvalue weighted by atomic mass is 9.79. The van der Waals surface area contributed by atoms with Crippen LogP contribution in [0.1, 0.15) is 44.0 Å². The number of nitrogens with one attached hydrogen (secondary N) is 2. The van der Waals surface area contributed by atoms with Crippen LogP contribution in [0.15, 0.2) is 29.6 Å². The highest BCUT2D eigenvalue weighted by Crippen LogP contribution is 2.27. The summed E-state index contributed by atoms with van der Waals surface area (Å²) in [6, 6.07) is 6.20. The van der Waals surface area contributed by atoms with E-state index < -0.39 is 5.91 Å². The highest BCUT2D eigenvalue weighted by Gasteiger charge is 2.32. The van der Waals surface area contributed by atoms with Gasteiger partial charge in [0.15, 0.2) is 5.69 Å². The minimum absolute atomic E-state index is 0.0113. The Balaban J connectivity index is 1.50. The van der Waals surface area contributed by atoms with Crippen molar-refractivity contribution in [1.82, 2.24) is 20.2 Å². The van der Waals surface area contributed by atoms with Gasteiger partial charge in [-0.1, -0.05) is 4.49 Å². The molecule has 1 aromatic carbocycles. The van der Waals surface area contributed by atoms with Crippen LogP contribution in [0.5, 0.6) is 0 Å². The smallest absolute Gasteiger partial charge is 0.272 e. The van der Waals surface area contributed by atoms with Crippen molar-refractivity contribution < 1.29 is 14.4 Å². The number of carbonyl (C=O) groups excluding carboxylic acids is 3. The van der Waals surface area contributed by atoms with E-state index in [0.29, 0.717) is 23.4 Å². The molecule has 1 saturated carbocycles. The molecule has 2 atom stereocenters. The summed E-state index contributed by atoms with van der Waals surface area (Å²) in [4.78, 5) is 35.2. The van der Waals surface area contributed by atoms with Gasteiger partial charge >= 0.3 is 0 Å². The molecule has 1 aliphatic rings. The number of hydrogen-bond donors (Lipinski definition) is 3. The topological polar surface area (TPSA) is 127 Å². The van der Waals surface area contributed by atoms with Crippen LogP contribution in [-0.4, -0.2) is 39.9 Å². The fraction of sp³-hybridized carbons (Fsp3) is 0.312. The van der Waals surface area contributed by atoms with E-state index in [1.165, 1.54) is 12.1 Å². The van der Waals surface area contributed by atoms with Gasteiger partial charge in [0.2, 0.25) is 5.91 Å². The third kappa shape index (κ3) is 4.00. The number of hydrogen-bond acceptors (Lipinski definition) is 6. The summed E-state index contributed by atoms with van der Waals surface area (Å²) in [6.45, 7) is 0.474. The second-order valence-corrected chi connectivity index (χ2v) is 6.47. The van der Waals surface area contributed by atoms with Gasteiger partial charge < -0.3 is 16.4 Å². The van der Waals surface area contributed by atoms with Crippen molar-refractivity contribution >= 4 is 29.3 Å². The zero-order valence-corrected chi connectivity index (χ0v) is 14.1. The van der Waals surface area contributed by atoms with Crippen molar-refractivity contribution in [3.8, 4) is 0 Å². The summed E-state index contributed by atoms with van der Waals surface area (Å²) in [5.41, 5.74) is 6.31. The van der Waals surface area contributed by atoms with Crippen LogP contribution in [-0.2, 0) is 0 Å². The third-order valence-electron chi connectivity index (χ3n) is 4.28. The molecule has 0 spiro atoms. The van der Waals surface area contributed by atoms with E-state index in [1.807, 2.05) is 0 Å². The Bertz CT molecular complexity index is 776. The Hall–Kier alpha value is -2.81. The second-order valence-electron chi connectivity index (χ2n) is 5.86. The fourth-order valence-electron chi connectivity index (χ4n) is 2.62. The number of carbonyl (C=O) groups is 3. The van der Waals surface area contributed by atoms with Crippen molar-refractivity contribution in [1.29, 1.82) is 0 Å². The monoisotopic (exact) mass is 359 g/mol. The van der Waals surface area contributed by atoms with Gasteiger partial charge in [-0.05, 0) is 54.6 Å². The SMILES string of the molecule is NC(=O)c1ccc(C(=O)N[C@@H]2CC[C@H]2CNC(=O)c2csnn2)cc1. The molecule has 130 valence electrons. The Kier molecular flexibility index (Phi) is 5.03. The normalized spacial score (nSPS) is 18.9. The van der Waals surface area contributed by atoms with Crippen molar-refractivity contribution in [2.24, 2.45) is 11.7 Å². The van der Waals surface area contributed by atoms with Crippen LogP contribution in [0.4, 0.5) is 0 Å². The van der Waals surface area contributed by atoms with Crippen LogP contribution >= 0.6 is 11.5 Å². The average molecular weight is 359 g/mol. The number of aromatic nitrogens is 2. The second kappa shape index (κ2) is 7.39. The summed E-state index contributed by atoms with van der Waals surface area (Å²) in [5, 5.41) is 11.1. The van der Waals surface area contributed by atoms with Gasteiger partial charge in [-0.25, -0.2) is 0 Å². The summed E-state index contributed by atoms with van der Waals surface area (Å²) in [5.74, 6) is -0.810. The van der Waals surface area contributed by atoms with Gasteiger partial charge in [-0.15, -0.1) is 5.10 Å². The lowest BCUT2D eigenvalue weighted by Gasteiger charge is -2.37. The molecule has 0 radical (unpaired) electrons.